The molecule has 6 heteroatoms. The summed E-state index contributed by atoms with van der Waals surface area (Å²) in [6.45, 7) is 2.59. The second kappa shape index (κ2) is 8.19. The highest BCUT2D eigenvalue weighted by atomic mass is 35.5. The minimum absolute atomic E-state index is 0.267. The van der Waals surface area contributed by atoms with Crippen LogP contribution in [0.2, 0.25) is 5.02 Å². The molecule has 1 aliphatic heterocycles. The summed E-state index contributed by atoms with van der Waals surface area (Å²) in [4.78, 5) is 8.80. The van der Waals surface area contributed by atoms with Crippen molar-refractivity contribution in [3.8, 4) is 5.88 Å². The molecule has 5 rings (SSSR count). The van der Waals surface area contributed by atoms with E-state index in [1.807, 2.05) is 42.5 Å². The third-order valence-electron chi connectivity index (χ3n) is 5.69. The van der Waals surface area contributed by atoms with E-state index in [1.54, 1.807) is 0 Å². The number of aliphatic hydroxyl groups is 1. The Hall–Kier alpha value is -2.73. The molecule has 3 N–H and O–H groups in total. The molecule has 30 heavy (non-hydrogen) atoms. The lowest BCUT2D eigenvalue weighted by Gasteiger charge is -2.28. The maximum atomic E-state index is 10.4. The van der Waals surface area contributed by atoms with Crippen molar-refractivity contribution in [1.82, 2.24) is 14.9 Å². The van der Waals surface area contributed by atoms with Crippen LogP contribution in [0.1, 0.15) is 12.0 Å². The smallest absolute Gasteiger partial charge is 0.191 e. The molecule has 1 aliphatic rings. The Kier molecular flexibility index (Phi) is 5.25. The molecule has 3 heterocycles. The van der Waals surface area contributed by atoms with Crippen LogP contribution in [0.3, 0.4) is 0 Å². The Bertz CT molecular complexity index is 1180. The summed E-state index contributed by atoms with van der Waals surface area (Å²) < 4.78 is 5.77. The van der Waals surface area contributed by atoms with Gasteiger partial charge in [0.05, 0.1) is 0 Å². The quantitative estimate of drug-likeness (QED) is 0.417. The molecule has 0 saturated carbocycles. The normalized spacial score (nSPS) is 16.1. The molecule has 0 amide bonds. The lowest BCUT2D eigenvalue weighted by molar-refractivity contribution is 0.0702. The Morgan fingerprint density at radius 1 is 1.13 bits per heavy atom. The van der Waals surface area contributed by atoms with Gasteiger partial charge in [-0.25, -0.2) is 0 Å². The van der Waals surface area contributed by atoms with E-state index in [1.165, 1.54) is 16.5 Å². The molecular formula is C24H24ClN3O2. The first-order valence-electron chi connectivity index (χ1n) is 10.2. The van der Waals surface area contributed by atoms with Gasteiger partial charge < -0.3 is 19.8 Å². The summed E-state index contributed by atoms with van der Waals surface area (Å²) in [6.07, 6.45) is 4.73. The van der Waals surface area contributed by atoms with Crippen LogP contribution in [-0.2, 0) is 0 Å². The van der Waals surface area contributed by atoms with Gasteiger partial charge in [0.15, 0.2) is 5.88 Å². The van der Waals surface area contributed by atoms with Crippen LogP contribution in [0.4, 0.5) is 0 Å². The molecule has 1 unspecified atom stereocenters. The maximum Gasteiger partial charge on any atom is 0.191 e. The molecule has 0 aliphatic carbocycles. The summed E-state index contributed by atoms with van der Waals surface area (Å²) in [5, 5.41) is 13.5. The van der Waals surface area contributed by atoms with E-state index < -0.39 is 6.10 Å². The highest BCUT2D eigenvalue weighted by Gasteiger charge is 2.18. The van der Waals surface area contributed by atoms with Crippen molar-refractivity contribution in [2.24, 2.45) is 0 Å². The van der Waals surface area contributed by atoms with Crippen LogP contribution >= 0.6 is 11.6 Å². The van der Waals surface area contributed by atoms with E-state index in [2.05, 4.69) is 33.2 Å². The molecule has 2 aromatic carbocycles. The summed E-state index contributed by atoms with van der Waals surface area (Å²) in [5.41, 5.74) is 4.67. The van der Waals surface area contributed by atoms with Gasteiger partial charge in [0.1, 0.15) is 12.7 Å². The number of aromatic amines is 2. The first-order chi connectivity index (χ1) is 14.7. The average molecular weight is 422 g/mol. The Morgan fingerprint density at radius 3 is 2.87 bits per heavy atom. The predicted molar refractivity (Wildman–Crippen MR) is 122 cm³/mol. The lowest BCUT2D eigenvalue weighted by Crippen LogP contribution is -2.38. The molecule has 0 bridgehead atoms. The van der Waals surface area contributed by atoms with Gasteiger partial charge >= 0.3 is 0 Å². The lowest BCUT2D eigenvalue weighted by atomic mass is 9.99. The Morgan fingerprint density at radius 2 is 2.03 bits per heavy atom. The number of β-amino-alcohol motifs (C(OH)–C–C–N with tert-alkyl or cyclic N) is 1. The van der Waals surface area contributed by atoms with E-state index >= 15 is 0 Å². The molecule has 154 valence electrons. The predicted octanol–water partition coefficient (Wildman–Crippen LogP) is 4.83. The van der Waals surface area contributed by atoms with Crippen molar-refractivity contribution in [3.05, 3.63) is 71.4 Å². The number of nitrogens with one attached hydrogen (secondary N) is 2. The average Bonchev–Trinajstić information content (AvgIpc) is 3.36. The number of aromatic nitrogens is 2. The molecule has 1 atom stereocenters. The number of nitrogens with zero attached hydrogens (tertiary/aromatic N) is 1. The highest BCUT2D eigenvalue weighted by Crippen LogP contribution is 2.30. The van der Waals surface area contributed by atoms with Gasteiger partial charge in [0.2, 0.25) is 0 Å². The van der Waals surface area contributed by atoms with E-state index in [9.17, 15) is 5.11 Å². The fraction of sp³-hybridized carbons (Fsp3) is 0.250. The molecule has 2 aromatic heterocycles. The number of hydrogen-bond donors (Lipinski definition) is 3. The fourth-order valence-corrected chi connectivity index (χ4v) is 4.32. The van der Waals surface area contributed by atoms with Gasteiger partial charge in [0, 0.05) is 64.3 Å². The summed E-state index contributed by atoms with van der Waals surface area (Å²) in [5.74, 6) is 0.690. The number of rotatable bonds is 6. The molecule has 0 spiro atoms. The van der Waals surface area contributed by atoms with Crippen molar-refractivity contribution in [2.45, 2.75) is 12.5 Å². The second-order valence-corrected chi connectivity index (χ2v) is 8.25. The number of benzene rings is 2. The monoisotopic (exact) mass is 421 g/mol. The van der Waals surface area contributed by atoms with Gasteiger partial charge in [-0.1, -0.05) is 41.9 Å². The molecule has 4 aromatic rings. The number of para-hydroxylation sites is 1. The zero-order chi connectivity index (χ0) is 20.5. The Balaban J connectivity index is 1.17. The van der Waals surface area contributed by atoms with Gasteiger partial charge in [-0.2, -0.15) is 0 Å². The number of hydrogen-bond acceptors (Lipinski definition) is 3. The molecule has 0 fully saturated rings. The minimum atomic E-state index is -0.540. The van der Waals surface area contributed by atoms with Crippen molar-refractivity contribution in [2.75, 3.05) is 26.2 Å². The van der Waals surface area contributed by atoms with E-state index in [0.717, 1.165) is 41.0 Å². The SMILES string of the molecule is OC(COc1cc2ccccc2[nH]1)CN1CC=C(c2c[nH]c3cc(Cl)ccc23)CC1. The molecule has 5 nitrogen and oxygen atoms in total. The van der Waals surface area contributed by atoms with Crippen molar-refractivity contribution < 1.29 is 9.84 Å². The van der Waals surface area contributed by atoms with E-state index in [-0.39, 0.29) is 6.61 Å². The molecule has 0 radical (unpaired) electrons. The molecular weight excluding hydrogens is 398 g/mol. The largest absolute Gasteiger partial charge is 0.476 e. The third-order valence-corrected chi connectivity index (χ3v) is 5.92. The van der Waals surface area contributed by atoms with Crippen LogP contribution in [-0.4, -0.2) is 52.3 Å². The summed E-state index contributed by atoms with van der Waals surface area (Å²) >= 11 is 6.09. The highest BCUT2D eigenvalue weighted by molar-refractivity contribution is 6.31. The van der Waals surface area contributed by atoms with Crippen LogP contribution in [0, 0.1) is 0 Å². The standard InChI is InChI=1S/C24H24ClN3O2/c25-18-5-6-20-21(13-26-23(20)12-18)16-7-9-28(10-8-16)14-19(29)15-30-24-11-17-3-1-2-4-22(17)27-24/h1-7,11-13,19,26-27,29H,8-10,14-15H2. The summed E-state index contributed by atoms with van der Waals surface area (Å²) in [6, 6.07) is 16.0. The third kappa shape index (κ3) is 3.97. The zero-order valence-corrected chi connectivity index (χ0v) is 17.3. The second-order valence-electron chi connectivity index (χ2n) is 7.82. The van der Waals surface area contributed by atoms with E-state index in [4.69, 9.17) is 16.3 Å². The number of aliphatic hydroxyl groups excluding tert-OH is 1. The van der Waals surface area contributed by atoms with Crippen molar-refractivity contribution in [1.29, 1.82) is 0 Å². The van der Waals surface area contributed by atoms with Gasteiger partial charge in [-0.15, -0.1) is 0 Å². The van der Waals surface area contributed by atoms with Crippen LogP contribution in [0.5, 0.6) is 5.88 Å². The fourth-order valence-electron chi connectivity index (χ4n) is 4.15. The first kappa shape index (κ1) is 19.2. The van der Waals surface area contributed by atoms with Gasteiger partial charge in [-0.05, 0) is 30.2 Å². The Labute approximate surface area is 179 Å². The van der Waals surface area contributed by atoms with Crippen LogP contribution in [0.25, 0.3) is 27.4 Å². The van der Waals surface area contributed by atoms with Crippen LogP contribution < -0.4 is 4.74 Å². The van der Waals surface area contributed by atoms with Crippen molar-refractivity contribution >= 4 is 39.0 Å². The first-order valence-corrected chi connectivity index (χ1v) is 10.6. The van der Waals surface area contributed by atoms with Gasteiger partial charge in [-0.3, -0.25) is 4.90 Å². The minimum Gasteiger partial charge on any atom is -0.476 e. The zero-order valence-electron chi connectivity index (χ0n) is 16.6. The van der Waals surface area contributed by atoms with E-state index in [0.29, 0.717) is 12.4 Å². The topological polar surface area (TPSA) is 64.3 Å². The number of fused-ring (bicyclic) bond motifs is 2. The van der Waals surface area contributed by atoms with Crippen molar-refractivity contribution in [3.63, 3.8) is 0 Å². The maximum absolute atomic E-state index is 10.4. The summed E-state index contributed by atoms with van der Waals surface area (Å²) in [7, 11) is 0. The molecule has 0 saturated heterocycles. The van der Waals surface area contributed by atoms with Gasteiger partial charge in [0.25, 0.3) is 0 Å². The number of H-pyrrole nitrogens is 2. The number of halogens is 1. The van der Waals surface area contributed by atoms with Crippen LogP contribution in [0.15, 0.2) is 60.8 Å². The number of ether oxygens (including phenoxy) is 1.